The Hall–Kier alpha value is -2.41. The molecular formula is C21H29N3O3S. The molecule has 2 rings (SSSR count). The Balaban J connectivity index is 1.89. The normalized spacial score (nSPS) is 13.0. The van der Waals surface area contributed by atoms with E-state index in [1.54, 1.807) is 11.3 Å². The van der Waals surface area contributed by atoms with E-state index in [2.05, 4.69) is 29.5 Å². The van der Waals surface area contributed by atoms with Gasteiger partial charge in [0.15, 0.2) is 0 Å². The van der Waals surface area contributed by atoms with Crippen molar-refractivity contribution in [1.82, 2.24) is 15.6 Å². The van der Waals surface area contributed by atoms with Crippen molar-refractivity contribution in [3.63, 3.8) is 0 Å². The summed E-state index contributed by atoms with van der Waals surface area (Å²) >= 11 is 1.59. The molecule has 0 saturated heterocycles. The summed E-state index contributed by atoms with van der Waals surface area (Å²) in [7, 11) is 0. The summed E-state index contributed by atoms with van der Waals surface area (Å²) in [5, 5.41) is 8.59. The van der Waals surface area contributed by atoms with E-state index in [-0.39, 0.29) is 18.4 Å². The molecule has 0 saturated carbocycles. The number of rotatable bonds is 9. The molecule has 0 aliphatic carbocycles. The number of nitrogens with zero attached hydrogens (tertiary/aromatic N) is 1. The Labute approximate surface area is 170 Å². The van der Waals surface area contributed by atoms with E-state index < -0.39 is 12.1 Å². The first-order chi connectivity index (χ1) is 13.4. The Morgan fingerprint density at radius 2 is 1.89 bits per heavy atom. The van der Waals surface area contributed by atoms with E-state index in [0.717, 1.165) is 22.7 Å². The summed E-state index contributed by atoms with van der Waals surface area (Å²) in [4.78, 5) is 29.4. The largest absolute Gasteiger partial charge is 0.445 e. The summed E-state index contributed by atoms with van der Waals surface area (Å²) < 4.78 is 5.26. The van der Waals surface area contributed by atoms with Gasteiger partial charge in [-0.3, -0.25) is 4.79 Å². The predicted molar refractivity (Wildman–Crippen MR) is 111 cm³/mol. The van der Waals surface area contributed by atoms with E-state index in [1.165, 1.54) is 0 Å². The van der Waals surface area contributed by atoms with Gasteiger partial charge in [-0.2, -0.15) is 0 Å². The van der Waals surface area contributed by atoms with Gasteiger partial charge in [-0.1, -0.05) is 64.4 Å². The molecule has 1 heterocycles. The fraction of sp³-hybridized carbons (Fsp3) is 0.476. The Bertz CT molecular complexity index is 761. The number of amides is 2. The summed E-state index contributed by atoms with van der Waals surface area (Å²) in [5.74, 6) is 0.111. The number of benzene rings is 1. The van der Waals surface area contributed by atoms with Crippen LogP contribution in [0.3, 0.4) is 0 Å². The van der Waals surface area contributed by atoms with Crippen LogP contribution in [0.15, 0.2) is 35.7 Å². The second-order valence-corrected chi connectivity index (χ2v) is 8.01. The number of ether oxygens (including phenoxy) is 1. The van der Waals surface area contributed by atoms with Gasteiger partial charge in [0.05, 0.1) is 17.2 Å². The molecule has 152 valence electrons. The molecule has 0 bridgehead atoms. The number of aromatic nitrogens is 1. The van der Waals surface area contributed by atoms with Crippen LogP contribution in [-0.2, 0) is 22.7 Å². The lowest BCUT2D eigenvalue weighted by atomic mass is 9.98. The summed E-state index contributed by atoms with van der Waals surface area (Å²) in [6, 6.07) is 8.78. The molecule has 2 atom stereocenters. The minimum atomic E-state index is -0.656. The van der Waals surface area contributed by atoms with Crippen LogP contribution in [0.25, 0.3) is 0 Å². The highest BCUT2D eigenvalue weighted by atomic mass is 32.1. The zero-order valence-corrected chi connectivity index (χ0v) is 17.7. The molecule has 0 spiro atoms. The van der Waals surface area contributed by atoms with Gasteiger partial charge < -0.3 is 15.4 Å². The molecule has 6 nitrogen and oxygen atoms in total. The minimum Gasteiger partial charge on any atom is -0.445 e. The van der Waals surface area contributed by atoms with Crippen LogP contribution in [0, 0.1) is 5.92 Å². The average Bonchev–Trinajstić information content (AvgIpc) is 3.18. The van der Waals surface area contributed by atoms with E-state index in [0.29, 0.717) is 12.5 Å². The summed E-state index contributed by atoms with van der Waals surface area (Å²) in [5.41, 5.74) is 1.73. The third-order valence-corrected chi connectivity index (χ3v) is 5.68. The molecule has 2 N–H and O–H groups in total. The van der Waals surface area contributed by atoms with Gasteiger partial charge in [-0.15, -0.1) is 11.3 Å². The zero-order chi connectivity index (χ0) is 20.5. The maximum absolute atomic E-state index is 12.7. The van der Waals surface area contributed by atoms with Crippen molar-refractivity contribution in [2.45, 2.75) is 59.2 Å². The van der Waals surface area contributed by atoms with Crippen LogP contribution in [0.1, 0.15) is 56.3 Å². The van der Waals surface area contributed by atoms with E-state index in [4.69, 9.17) is 4.74 Å². The van der Waals surface area contributed by atoms with Crippen molar-refractivity contribution < 1.29 is 14.3 Å². The van der Waals surface area contributed by atoms with Crippen LogP contribution < -0.4 is 10.6 Å². The highest BCUT2D eigenvalue weighted by molar-refractivity contribution is 7.09. The van der Waals surface area contributed by atoms with Crippen molar-refractivity contribution in [3.05, 3.63) is 52.0 Å². The van der Waals surface area contributed by atoms with Gasteiger partial charge in [0.1, 0.15) is 12.6 Å². The van der Waals surface area contributed by atoms with Crippen LogP contribution in [0.2, 0.25) is 0 Å². The molecule has 2 aromatic rings. The van der Waals surface area contributed by atoms with Crippen molar-refractivity contribution in [3.8, 4) is 0 Å². The monoisotopic (exact) mass is 403 g/mol. The van der Waals surface area contributed by atoms with Crippen molar-refractivity contribution >= 4 is 23.3 Å². The predicted octanol–water partition coefficient (Wildman–Crippen LogP) is 4.22. The molecule has 0 unspecified atom stereocenters. The lowest BCUT2D eigenvalue weighted by Crippen LogP contribution is -2.50. The second-order valence-electron chi connectivity index (χ2n) is 7.12. The van der Waals surface area contributed by atoms with Gasteiger partial charge in [0.25, 0.3) is 0 Å². The number of alkyl carbamates (subject to hydrolysis) is 1. The topological polar surface area (TPSA) is 80.3 Å². The van der Waals surface area contributed by atoms with Crippen LogP contribution in [-0.4, -0.2) is 23.0 Å². The van der Waals surface area contributed by atoms with Gasteiger partial charge in [-0.25, -0.2) is 9.78 Å². The smallest absolute Gasteiger partial charge is 0.408 e. The molecule has 1 aromatic carbocycles. The molecule has 28 heavy (non-hydrogen) atoms. The first-order valence-corrected chi connectivity index (χ1v) is 10.5. The number of thiazole rings is 1. The molecule has 7 heteroatoms. The molecule has 0 aliphatic rings. The van der Waals surface area contributed by atoms with Crippen molar-refractivity contribution in [2.75, 3.05) is 0 Å². The maximum Gasteiger partial charge on any atom is 0.408 e. The highest BCUT2D eigenvalue weighted by Crippen LogP contribution is 2.19. The Kier molecular flexibility index (Phi) is 8.44. The first kappa shape index (κ1) is 21.9. The third-order valence-electron chi connectivity index (χ3n) is 4.49. The lowest BCUT2D eigenvalue weighted by molar-refractivity contribution is -0.124. The number of hydrogen-bond acceptors (Lipinski definition) is 5. The van der Waals surface area contributed by atoms with Crippen LogP contribution >= 0.6 is 11.3 Å². The highest BCUT2D eigenvalue weighted by Gasteiger charge is 2.26. The number of carbonyl (C=O) groups is 2. The molecule has 0 aliphatic heterocycles. The van der Waals surface area contributed by atoms with Gasteiger partial charge in [0.2, 0.25) is 5.91 Å². The van der Waals surface area contributed by atoms with Crippen LogP contribution in [0.5, 0.6) is 0 Å². The molecule has 0 fully saturated rings. The van der Waals surface area contributed by atoms with Crippen molar-refractivity contribution in [2.24, 2.45) is 5.92 Å². The Morgan fingerprint density at radius 3 is 2.50 bits per heavy atom. The van der Waals surface area contributed by atoms with Crippen LogP contribution in [0.4, 0.5) is 4.79 Å². The van der Waals surface area contributed by atoms with E-state index in [1.807, 2.05) is 49.6 Å². The fourth-order valence-corrected chi connectivity index (χ4v) is 3.39. The first-order valence-electron chi connectivity index (χ1n) is 9.59. The fourth-order valence-electron chi connectivity index (χ4n) is 2.55. The zero-order valence-electron chi connectivity index (χ0n) is 16.9. The standard InChI is InChI=1S/C21H29N3O3S/c1-5-15(4)18(24-21(26)27-12-16-9-7-6-8-10-16)19(25)22-11-17-13-28-20(23-17)14(2)3/h6-10,13-15,18H,5,11-12H2,1-4H3,(H,22,25)(H,24,26)/t15-,18-/m0/s1. The molecular weight excluding hydrogens is 374 g/mol. The SMILES string of the molecule is CC[C@H](C)[C@H](NC(=O)OCc1ccccc1)C(=O)NCc1csc(C(C)C)n1. The molecule has 2 amide bonds. The minimum absolute atomic E-state index is 0.0223. The third kappa shape index (κ3) is 6.64. The van der Waals surface area contributed by atoms with Gasteiger partial charge in [-0.05, 0) is 11.5 Å². The van der Waals surface area contributed by atoms with E-state index >= 15 is 0 Å². The number of carbonyl (C=O) groups excluding carboxylic acids is 2. The molecule has 0 radical (unpaired) electrons. The lowest BCUT2D eigenvalue weighted by Gasteiger charge is -2.23. The van der Waals surface area contributed by atoms with Gasteiger partial charge >= 0.3 is 6.09 Å². The van der Waals surface area contributed by atoms with Crippen molar-refractivity contribution in [1.29, 1.82) is 0 Å². The average molecular weight is 404 g/mol. The van der Waals surface area contributed by atoms with E-state index in [9.17, 15) is 9.59 Å². The summed E-state index contributed by atoms with van der Waals surface area (Å²) in [6.07, 6.45) is 0.158. The Morgan fingerprint density at radius 1 is 1.18 bits per heavy atom. The maximum atomic E-state index is 12.7. The second kappa shape index (κ2) is 10.8. The number of hydrogen-bond donors (Lipinski definition) is 2. The quantitative estimate of drug-likeness (QED) is 0.657. The van der Waals surface area contributed by atoms with Gasteiger partial charge in [0, 0.05) is 11.3 Å². The number of nitrogens with one attached hydrogen (secondary N) is 2. The summed E-state index contributed by atoms with van der Waals surface area (Å²) in [6.45, 7) is 8.60. The molecule has 1 aromatic heterocycles.